The molecule has 0 fully saturated rings. The summed E-state index contributed by atoms with van der Waals surface area (Å²) < 4.78 is 89.2. The van der Waals surface area contributed by atoms with E-state index in [9.17, 15) is 21.6 Å². The van der Waals surface area contributed by atoms with Crippen molar-refractivity contribution in [3.05, 3.63) is 115 Å². The maximum atomic E-state index is 12.3. The van der Waals surface area contributed by atoms with Crippen LogP contribution in [0.3, 0.4) is 0 Å². The number of benzene rings is 4. The Kier molecular flexibility index (Phi) is 10.5. The highest BCUT2D eigenvalue weighted by molar-refractivity contribution is 7.87. The Morgan fingerprint density at radius 1 is 0.778 bits per heavy atom. The molecule has 232 valence electrons. The zero-order valence-corrected chi connectivity index (χ0v) is 24.1. The largest absolute Gasteiger partial charge is 0.534 e. The Morgan fingerprint density at radius 2 is 1.31 bits per heavy atom. The van der Waals surface area contributed by atoms with Crippen LogP contribution in [0.2, 0.25) is 0 Å². The lowest BCUT2D eigenvalue weighted by molar-refractivity contribution is -0.0501. The van der Waals surface area contributed by atoms with Gasteiger partial charge in [0, 0.05) is 5.56 Å². The van der Waals surface area contributed by atoms with E-state index in [2.05, 4.69) is 9.17 Å². The Balaban J connectivity index is 0.000000231. The summed E-state index contributed by atoms with van der Waals surface area (Å²) in [4.78, 5) is 3.59. The van der Waals surface area contributed by atoms with E-state index in [0.717, 1.165) is 5.75 Å². The van der Waals surface area contributed by atoms with Gasteiger partial charge in [-0.15, -0.1) is 0 Å². The van der Waals surface area contributed by atoms with Crippen LogP contribution in [0.5, 0.6) is 34.6 Å². The van der Waals surface area contributed by atoms with Gasteiger partial charge < -0.3 is 27.5 Å². The summed E-state index contributed by atoms with van der Waals surface area (Å²) in [6, 6.07) is 31.5. The molecule has 0 N–H and O–H groups in total. The Morgan fingerprint density at radius 3 is 1.87 bits per heavy atom. The van der Waals surface area contributed by atoms with Crippen LogP contribution < -0.4 is 23.1 Å². The van der Waals surface area contributed by atoms with Gasteiger partial charge in [-0.3, -0.25) is 0 Å². The minimum absolute atomic E-state index is 0.122. The van der Waals surface area contributed by atoms with E-state index in [1.807, 2.05) is 36.4 Å². The maximum absolute atomic E-state index is 12.3. The molecule has 0 saturated heterocycles. The molecule has 0 unspecified atom stereocenters. The first kappa shape index (κ1) is 32.2. The Hall–Kier alpha value is -5.68. The molecule has 0 saturated carbocycles. The van der Waals surface area contributed by atoms with Crippen molar-refractivity contribution in [1.82, 2.24) is 4.98 Å². The molecular weight excluding hydrogens is 617 g/mol. The molecule has 0 aliphatic rings. The molecule has 0 atom stereocenters. The van der Waals surface area contributed by atoms with Crippen molar-refractivity contribution in [3.63, 3.8) is 0 Å². The van der Waals surface area contributed by atoms with Gasteiger partial charge in [0.25, 0.3) is 5.88 Å². The highest BCUT2D eigenvalue weighted by Gasteiger charge is 2.49. The van der Waals surface area contributed by atoms with Gasteiger partial charge in [-0.1, -0.05) is 18.2 Å². The Labute approximate surface area is 255 Å². The van der Waals surface area contributed by atoms with Gasteiger partial charge in [-0.2, -0.15) is 31.8 Å². The van der Waals surface area contributed by atoms with Gasteiger partial charge in [0.2, 0.25) is 12.7 Å². The van der Waals surface area contributed by atoms with Gasteiger partial charge in [0.05, 0.1) is 18.7 Å². The predicted molar refractivity (Wildman–Crippen MR) is 154 cm³/mol. The molecule has 1 aromatic heterocycles. The van der Waals surface area contributed by atoms with Crippen molar-refractivity contribution in [2.45, 2.75) is 5.51 Å². The first-order valence-corrected chi connectivity index (χ1v) is 14.2. The lowest BCUT2D eigenvalue weighted by Crippen LogP contribution is -2.28. The van der Waals surface area contributed by atoms with Crippen LogP contribution in [0.25, 0.3) is 11.5 Å². The number of halogens is 3. The summed E-state index contributed by atoms with van der Waals surface area (Å²) in [5.41, 5.74) is -4.57. The van der Waals surface area contributed by atoms with Gasteiger partial charge in [-0.25, -0.2) is 0 Å². The number of nitriles is 1. The normalized spacial score (nSPS) is 10.9. The average Bonchev–Trinajstić information content (AvgIpc) is 3.50. The molecule has 0 spiro atoms. The van der Waals surface area contributed by atoms with Crippen molar-refractivity contribution >= 4 is 10.1 Å². The number of alkyl halides is 3. The number of para-hydroxylation sites is 1. The molecule has 14 heteroatoms. The molecule has 5 aromatic rings. The summed E-state index contributed by atoms with van der Waals surface area (Å²) in [6.07, 6.45) is 0.667. The summed E-state index contributed by atoms with van der Waals surface area (Å²) in [6.45, 7) is 0.149. The highest BCUT2D eigenvalue weighted by Crippen LogP contribution is 2.30. The first-order valence-electron chi connectivity index (χ1n) is 12.8. The van der Waals surface area contributed by atoms with E-state index in [1.165, 1.54) is 12.1 Å². The van der Waals surface area contributed by atoms with Gasteiger partial charge in [0.15, 0.2) is 6.26 Å². The molecular formula is C31H23F3N2O8S. The lowest BCUT2D eigenvalue weighted by Gasteiger charge is -2.07. The van der Waals surface area contributed by atoms with Crippen LogP contribution in [0.15, 0.2) is 114 Å². The minimum atomic E-state index is -5.82. The molecule has 0 aliphatic carbocycles. The van der Waals surface area contributed by atoms with Crippen LogP contribution in [0.4, 0.5) is 13.2 Å². The van der Waals surface area contributed by atoms with Crippen LogP contribution in [-0.2, 0) is 10.1 Å². The third-order valence-corrected chi connectivity index (χ3v) is 6.49. The molecule has 45 heavy (non-hydrogen) atoms. The molecule has 10 nitrogen and oxygen atoms in total. The van der Waals surface area contributed by atoms with Crippen molar-refractivity contribution in [2.75, 3.05) is 13.9 Å². The van der Waals surface area contributed by atoms with Crippen molar-refractivity contribution in [1.29, 1.82) is 5.26 Å². The lowest BCUT2D eigenvalue weighted by atomic mass is 10.2. The van der Waals surface area contributed by atoms with Crippen LogP contribution in [0, 0.1) is 11.3 Å². The number of rotatable bonds is 10. The van der Waals surface area contributed by atoms with E-state index < -0.39 is 21.5 Å². The van der Waals surface area contributed by atoms with E-state index in [-0.39, 0.29) is 12.7 Å². The Bertz CT molecular complexity index is 1800. The number of methoxy groups -OCH3 is 1. The standard InChI is InChI=1S/C17H12F3NO6S.C14H11NO2/c1-24-12-6-8-14(9-7-12)26-13-4-2-11(3-5-13)16-21-15(10-25-16)27-28(22,23)17(18,19)20;15-10-12-6-8-14(9-7-12)17-11-16-13-4-2-1-3-5-13/h2-10H,1H3;1-9H,11H2. The van der Waals surface area contributed by atoms with Gasteiger partial charge in [-0.05, 0) is 84.9 Å². The monoisotopic (exact) mass is 640 g/mol. The fourth-order valence-electron chi connectivity index (χ4n) is 3.34. The van der Waals surface area contributed by atoms with Gasteiger partial charge in [0.1, 0.15) is 28.7 Å². The highest BCUT2D eigenvalue weighted by atomic mass is 32.2. The number of oxazole rings is 1. The van der Waals surface area contributed by atoms with Gasteiger partial charge >= 0.3 is 15.6 Å². The second-order valence-corrected chi connectivity index (χ2v) is 10.2. The molecule has 5 rings (SSSR count). The maximum Gasteiger partial charge on any atom is 0.534 e. The summed E-state index contributed by atoms with van der Waals surface area (Å²) in [7, 11) is -4.27. The molecule has 0 amide bonds. The van der Waals surface area contributed by atoms with E-state index in [0.29, 0.717) is 40.4 Å². The molecule has 4 aromatic carbocycles. The molecule has 0 bridgehead atoms. The second kappa shape index (κ2) is 14.7. The summed E-state index contributed by atoms with van der Waals surface area (Å²) >= 11 is 0. The van der Waals surface area contributed by atoms with E-state index >= 15 is 0 Å². The van der Waals surface area contributed by atoms with Crippen LogP contribution in [0.1, 0.15) is 5.56 Å². The fourth-order valence-corrected chi connectivity index (χ4v) is 3.74. The quantitative estimate of drug-likeness (QED) is 0.0868. The van der Waals surface area contributed by atoms with Crippen LogP contribution in [-0.4, -0.2) is 32.8 Å². The second-order valence-electron chi connectivity index (χ2n) is 8.63. The smallest absolute Gasteiger partial charge is 0.497 e. The predicted octanol–water partition coefficient (Wildman–Crippen LogP) is 7.34. The molecule has 0 aliphatic heterocycles. The average molecular weight is 641 g/mol. The van der Waals surface area contributed by atoms with Crippen LogP contribution >= 0.6 is 0 Å². The number of aromatic nitrogens is 1. The zero-order valence-electron chi connectivity index (χ0n) is 23.3. The van der Waals surface area contributed by atoms with Crippen molar-refractivity contribution < 1.29 is 49.1 Å². The summed E-state index contributed by atoms with van der Waals surface area (Å²) in [5, 5.41) is 8.64. The van der Waals surface area contributed by atoms with Crippen molar-refractivity contribution in [3.8, 4) is 52.2 Å². The first-order chi connectivity index (χ1) is 21.6. The number of nitrogens with zero attached hydrogens (tertiary/aromatic N) is 2. The summed E-state index contributed by atoms with van der Waals surface area (Å²) in [5.74, 6) is 2.22. The number of hydrogen-bond acceptors (Lipinski definition) is 10. The SMILES string of the molecule is COc1ccc(Oc2ccc(-c3nc(OS(=O)(=O)C(F)(F)F)co3)cc2)cc1.N#Cc1ccc(OCOc2ccccc2)cc1. The van der Waals surface area contributed by atoms with E-state index in [1.54, 1.807) is 67.8 Å². The third-order valence-electron chi connectivity index (χ3n) is 5.54. The number of ether oxygens (including phenoxy) is 4. The minimum Gasteiger partial charge on any atom is -0.497 e. The van der Waals surface area contributed by atoms with E-state index in [4.69, 9.17) is 28.6 Å². The molecule has 0 radical (unpaired) electrons. The zero-order chi connectivity index (χ0) is 32.3. The fraction of sp³-hybridized carbons (Fsp3) is 0.0968. The van der Waals surface area contributed by atoms with Crippen molar-refractivity contribution in [2.24, 2.45) is 0 Å². The topological polar surface area (TPSA) is 130 Å². The number of hydrogen-bond donors (Lipinski definition) is 0. The molecule has 1 heterocycles. The third kappa shape index (κ3) is 9.40.